The van der Waals surface area contributed by atoms with Gasteiger partial charge in [0.05, 0.1) is 11.4 Å². The van der Waals surface area contributed by atoms with Crippen molar-refractivity contribution >= 4 is 35.1 Å². The highest BCUT2D eigenvalue weighted by Crippen LogP contribution is 2.39. The van der Waals surface area contributed by atoms with Crippen LogP contribution < -0.4 is 9.47 Å². The standard InChI is InChI=1S/C18H17ClN4O4S/c1-9-12(10(2)23-17(20-9)21-18(22-23)28-3)6-15(24)25-7-11-4-13(19)16-14(5-11)26-8-27-16/h4-5H,6-8H2,1-3H3. The number of aryl methyl sites for hydroxylation is 2. The Morgan fingerprint density at radius 1 is 1.32 bits per heavy atom. The molecule has 0 saturated carbocycles. The van der Waals surface area contributed by atoms with Gasteiger partial charge in [-0.05, 0) is 37.8 Å². The molecule has 0 atom stereocenters. The second kappa shape index (κ2) is 7.48. The summed E-state index contributed by atoms with van der Waals surface area (Å²) in [6, 6.07) is 3.46. The van der Waals surface area contributed by atoms with Crippen LogP contribution in [0.3, 0.4) is 0 Å². The van der Waals surface area contributed by atoms with E-state index in [-0.39, 0.29) is 25.8 Å². The van der Waals surface area contributed by atoms with Gasteiger partial charge in [0.15, 0.2) is 11.5 Å². The van der Waals surface area contributed by atoms with Crippen LogP contribution in [0, 0.1) is 13.8 Å². The first-order valence-corrected chi connectivity index (χ1v) is 10.1. The molecule has 0 radical (unpaired) electrons. The fourth-order valence-corrected chi connectivity index (χ4v) is 3.62. The number of ether oxygens (including phenoxy) is 3. The topological polar surface area (TPSA) is 87.8 Å². The van der Waals surface area contributed by atoms with Gasteiger partial charge in [0, 0.05) is 17.0 Å². The summed E-state index contributed by atoms with van der Waals surface area (Å²) in [5.41, 5.74) is 3.05. The van der Waals surface area contributed by atoms with Gasteiger partial charge in [-0.15, -0.1) is 5.10 Å². The Bertz CT molecular complexity index is 1090. The zero-order valence-electron chi connectivity index (χ0n) is 15.5. The number of benzene rings is 1. The van der Waals surface area contributed by atoms with Gasteiger partial charge in [-0.1, -0.05) is 23.4 Å². The lowest BCUT2D eigenvalue weighted by Gasteiger charge is -2.11. The number of rotatable bonds is 5. The van der Waals surface area contributed by atoms with Crippen molar-refractivity contribution in [1.29, 1.82) is 0 Å². The largest absolute Gasteiger partial charge is 0.461 e. The Balaban J connectivity index is 1.49. The number of aromatic nitrogens is 4. The summed E-state index contributed by atoms with van der Waals surface area (Å²) < 4.78 is 17.7. The molecule has 2 aromatic heterocycles. The van der Waals surface area contributed by atoms with E-state index in [2.05, 4.69) is 15.1 Å². The lowest BCUT2D eigenvalue weighted by molar-refractivity contribution is -0.144. The van der Waals surface area contributed by atoms with E-state index in [9.17, 15) is 4.79 Å². The molecule has 8 nitrogen and oxygen atoms in total. The molecule has 0 unspecified atom stereocenters. The average molecular weight is 421 g/mol. The van der Waals surface area contributed by atoms with E-state index in [0.717, 1.165) is 22.5 Å². The van der Waals surface area contributed by atoms with Gasteiger partial charge in [-0.3, -0.25) is 4.79 Å². The van der Waals surface area contributed by atoms with Crippen molar-refractivity contribution in [2.24, 2.45) is 0 Å². The number of halogens is 1. The number of carbonyl (C=O) groups excluding carboxylic acids is 1. The van der Waals surface area contributed by atoms with E-state index in [4.69, 9.17) is 25.8 Å². The van der Waals surface area contributed by atoms with Gasteiger partial charge in [0.2, 0.25) is 11.9 Å². The molecule has 3 aromatic rings. The third kappa shape index (κ3) is 3.47. The number of carbonyl (C=O) groups is 1. The second-order valence-electron chi connectivity index (χ2n) is 6.22. The van der Waals surface area contributed by atoms with Crippen molar-refractivity contribution in [1.82, 2.24) is 19.6 Å². The highest BCUT2D eigenvalue weighted by Gasteiger charge is 2.20. The fraction of sp³-hybridized carbons (Fsp3) is 0.333. The summed E-state index contributed by atoms with van der Waals surface area (Å²) >= 11 is 7.60. The lowest BCUT2D eigenvalue weighted by Crippen LogP contribution is -2.13. The normalized spacial score (nSPS) is 12.6. The number of hydrogen-bond donors (Lipinski definition) is 0. The molecular weight excluding hydrogens is 404 g/mol. The van der Waals surface area contributed by atoms with Crippen molar-refractivity contribution in [2.45, 2.75) is 32.0 Å². The summed E-state index contributed by atoms with van der Waals surface area (Å²) in [4.78, 5) is 21.2. The molecule has 146 valence electrons. The number of fused-ring (bicyclic) bond motifs is 2. The van der Waals surface area contributed by atoms with E-state index >= 15 is 0 Å². The number of thioether (sulfide) groups is 1. The molecule has 10 heteroatoms. The summed E-state index contributed by atoms with van der Waals surface area (Å²) in [5.74, 6) is 1.22. The molecule has 0 aliphatic carbocycles. The minimum atomic E-state index is -0.369. The average Bonchev–Trinajstić information content (AvgIpc) is 3.30. The van der Waals surface area contributed by atoms with Gasteiger partial charge >= 0.3 is 5.97 Å². The molecule has 0 fully saturated rings. The van der Waals surface area contributed by atoms with Crippen LogP contribution in [0.1, 0.15) is 22.5 Å². The van der Waals surface area contributed by atoms with Gasteiger partial charge in [0.1, 0.15) is 6.61 Å². The molecule has 1 aliphatic rings. The van der Waals surface area contributed by atoms with Crippen molar-refractivity contribution in [2.75, 3.05) is 13.0 Å². The number of nitrogens with zero attached hydrogens (tertiary/aromatic N) is 4. The third-order valence-corrected chi connectivity index (χ3v) is 5.24. The summed E-state index contributed by atoms with van der Waals surface area (Å²) in [6.45, 7) is 3.96. The van der Waals surface area contributed by atoms with Crippen LogP contribution in [-0.2, 0) is 22.6 Å². The maximum Gasteiger partial charge on any atom is 0.310 e. The van der Waals surface area contributed by atoms with Crippen LogP contribution in [0.4, 0.5) is 0 Å². The van der Waals surface area contributed by atoms with Gasteiger partial charge < -0.3 is 14.2 Å². The predicted molar refractivity (Wildman–Crippen MR) is 103 cm³/mol. The molecule has 0 amide bonds. The van der Waals surface area contributed by atoms with Crippen molar-refractivity contribution < 1.29 is 19.0 Å². The smallest absolute Gasteiger partial charge is 0.310 e. The highest BCUT2D eigenvalue weighted by molar-refractivity contribution is 7.98. The number of hydrogen-bond acceptors (Lipinski definition) is 8. The monoisotopic (exact) mass is 420 g/mol. The molecule has 0 saturated heterocycles. The first kappa shape index (κ1) is 18.8. The quantitative estimate of drug-likeness (QED) is 0.459. The molecule has 0 N–H and O–H groups in total. The number of esters is 1. The van der Waals surface area contributed by atoms with Gasteiger partial charge in [-0.25, -0.2) is 9.50 Å². The molecule has 0 spiro atoms. The molecule has 3 heterocycles. The Labute approximate surface area is 170 Å². The Morgan fingerprint density at radius 2 is 2.14 bits per heavy atom. The van der Waals surface area contributed by atoms with E-state index in [1.54, 1.807) is 16.6 Å². The first-order valence-electron chi connectivity index (χ1n) is 8.46. The van der Waals surface area contributed by atoms with E-state index in [1.165, 1.54) is 11.8 Å². The third-order valence-electron chi connectivity index (χ3n) is 4.42. The minimum Gasteiger partial charge on any atom is -0.461 e. The fourth-order valence-electron chi connectivity index (χ4n) is 3.00. The maximum atomic E-state index is 12.4. The molecule has 1 aliphatic heterocycles. The molecule has 28 heavy (non-hydrogen) atoms. The van der Waals surface area contributed by atoms with Crippen LogP contribution in [0.15, 0.2) is 17.3 Å². The molecule has 0 bridgehead atoms. The highest BCUT2D eigenvalue weighted by atomic mass is 35.5. The summed E-state index contributed by atoms with van der Waals surface area (Å²) in [5, 5.41) is 5.45. The van der Waals surface area contributed by atoms with Gasteiger partial charge in [-0.2, -0.15) is 4.98 Å². The zero-order chi connectivity index (χ0) is 19.8. The van der Waals surface area contributed by atoms with Gasteiger partial charge in [0.25, 0.3) is 5.78 Å². The van der Waals surface area contributed by atoms with Crippen LogP contribution in [0.5, 0.6) is 11.5 Å². The molecule has 4 rings (SSSR count). The van der Waals surface area contributed by atoms with Crippen LogP contribution in [0.25, 0.3) is 5.78 Å². The SMILES string of the molecule is CSc1nc2nc(C)c(CC(=O)OCc3cc(Cl)c4c(c3)OCO4)c(C)n2n1. The van der Waals surface area contributed by atoms with E-state index in [1.807, 2.05) is 20.1 Å². The van der Waals surface area contributed by atoms with Crippen LogP contribution in [0.2, 0.25) is 5.02 Å². The van der Waals surface area contributed by atoms with Crippen molar-refractivity contribution in [3.63, 3.8) is 0 Å². The summed E-state index contributed by atoms with van der Waals surface area (Å²) in [7, 11) is 0. The Kier molecular flexibility index (Phi) is 5.03. The lowest BCUT2D eigenvalue weighted by atomic mass is 10.1. The zero-order valence-corrected chi connectivity index (χ0v) is 17.1. The van der Waals surface area contributed by atoms with E-state index < -0.39 is 0 Å². The van der Waals surface area contributed by atoms with Crippen LogP contribution in [-0.4, -0.2) is 38.6 Å². The molecular formula is C18H17ClN4O4S. The predicted octanol–water partition coefficient (Wildman–Crippen LogP) is 3.13. The summed E-state index contributed by atoms with van der Waals surface area (Å²) in [6.07, 6.45) is 1.99. The minimum absolute atomic E-state index is 0.0862. The van der Waals surface area contributed by atoms with Crippen LogP contribution >= 0.6 is 23.4 Å². The Morgan fingerprint density at radius 3 is 2.93 bits per heavy atom. The first-order chi connectivity index (χ1) is 13.5. The molecule has 1 aromatic carbocycles. The van der Waals surface area contributed by atoms with Crippen molar-refractivity contribution in [3.8, 4) is 11.5 Å². The Hall–Kier alpha value is -2.52. The maximum absolute atomic E-state index is 12.4. The second-order valence-corrected chi connectivity index (χ2v) is 7.40. The van der Waals surface area contributed by atoms with Crippen molar-refractivity contribution in [3.05, 3.63) is 39.7 Å². The van der Waals surface area contributed by atoms with E-state index in [0.29, 0.717) is 27.5 Å².